The molecular weight excluding hydrogens is 356 g/mol. The van der Waals surface area contributed by atoms with Crippen LogP contribution in [0, 0.1) is 0 Å². The molecule has 0 saturated carbocycles. The van der Waals surface area contributed by atoms with E-state index in [1.165, 1.54) is 10.9 Å². The maximum Gasteiger partial charge on any atom is 0.338 e. The van der Waals surface area contributed by atoms with E-state index >= 15 is 0 Å². The fraction of sp³-hybridized carbons (Fsp3) is 0.294. The van der Waals surface area contributed by atoms with E-state index in [4.69, 9.17) is 9.47 Å². The van der Waals surface area contributed by atoms with E-state index in [-0.39, 0.29) is 23.7 Å². The first-order chi connectivity index (χ1) is 13.1. The molecule has 1 aliphatic heterocycles. The van der Waals surface area contributed by atoms with Gasteiger partial charge in [-0.1, -0.05) is 30.3 Å². The van der Waals surface area contributed by atoms with Gasteiger partial charge in [0.05, 0.1) is 6.33 Å². The van der Waals surface area contributed by atoms with Gasteiger partial charge in [-0.2, -0.15) is 4.98 Å². The van der Waals surface area contributed by atoms with E-state index in [9.17, 15) is 20.1 Å². The lowest BCUT2D eigenvalue weighted by Crippen LogP contribution is -2.37. The molecule has 10 nitrogen and oxygen atoms in total. The van der Waals surface area contributed by atoms with Gasteiger partial charge in [0.2, 0.25) is 5.88 Å². The second-order valence-corrected chi connectivity index (χ2v) is 6.04. The molecule has 0 amide bonds. The minimum atomic E-state index is -1.49. The standard InChI is InChI=1S/C17H16N4O6/c22-11-12(23)16(21-8-20-10-14(21)18-7-19-15(10)24)27-13(11)17(25)26-6-9-4-2-1-3-5-9/h1-5,7-8,11-13,16,22-23H,6H2,(H,18,19,24)/t11-,12+,13-,16+/m0/s1. The number of fused-ring (bicyclic) bond motifs is 1. The van der Waals surface area contributed by atoms with Crippen molar-refractivity contribution in [3.05, 3.63) is 48.5 Å². The number of esters is 1. The average molecular weight is 372 g/mol. The van der Waals surface area contributed by atoms with Crippen molar-refractivity contribution in [2.24, 2.45) is 0 Å². The van der Waals surface area contributed by atoms with Crippen LogP contribution in [0.1, 0.15) is 11.8 Å². The fourth-order valence-electron chi connectivity index (χ4n) is 2.92. The second-order valence-electron chi connectivity index (χ2n) is 6.04. The number of aliphatic hydroxyl groups excluding tert-OH is 2. The Morgan fingerprint density at radius 1 is 1.15 bits per heavy atom. The SMILES string of the molecule is O=C(OCc1ccccc1)[C@H]1O[C@@H](n2cnc3c(O)ncnc32)[C@H](O)[C@@H]1O. The van der Waals surface area contributed by atoms with Gasteiger partial charge < -0.3 is 24.8 Å². The van der Waals surface area contributed by atoms with Crippen LogP contribution in [0.2, 0.25) is 0 Å². The summed E-state index contributed by atoms with van der Waals surface area (Å²) >= 11 is 0. The third-order valence-electron chi connectivity index (χ3n) is 4.31. The second kappa shape index (κ2) is 6.91. The molecule has 0 unspecified atom stereocenters. The fourth-order valence-corrected chi connectivity index (χ4v) is 2.92. The molecule has 3 aromatic rings. The summed E-state index contributed by atoms with van der Waals surface area (Å²) < 4.78 is 12.0. The summed E-state index contributed by atoms with van der Waals surface area (Å²) in [6.07, 6.45) is -3.02. The number of aliphatic hydroxyl groups is 2. The molecule has 0 radical (unpaired) electrons. The Hall–Kier alpha value is -3.08. The van der Waals surface area contributed by atoms with Crippen LogP contribution in [0.25, 0.3) is 11.2 Å². The zero-order valence-corrected chi connectivity index (χ0v) is 13.9. The van der Waals surface area contributed by atoms with Crippen molar-refractivity contribution in [1.29, 1.82) is 0 Å². The first kappa shape index (κ1) is 17.3. The predicted molar refractivity (Wildman–Crippen MR) is 89.1 cm³/mol. The maximum atomic E-state index is 12.3. The number of rotatable bonds is 4. The van der Waals surface area contributed by atoms with Gasteiger partial charge in [-0.25, -0.2) is 14.8 Å². The normalized spacial score (nSPS) is 25.0. The van der Waals surface area contributed by atoms with E-state index in [2.05, 4.69) is 15.0 Å². The highest BCUT2D eigenvalue weighted by Crippen LogP contribution is 2.33. The number of aromatic hydroxyl groups is 1. The van der Waals surface area contributed by atoms with Crippen LogP contribution >= 0.6 is 0 Å². The number of carbonyl (C=O) groups excluding carboxylic acids is 1. The molecule has 4 atom stereocenters. The molecule has 1 aliphatic rings. The minimum absolute atomic E-state index is 0.0160. The van der Waals surface area contributed by atoms with Gasteiger partial charge >= 0.3 is 5.97 Å². The van der Waals surface area contributed by atoms with Crippen molar-refractivity contribution in [2.75, 3.05) is 0 Å². The van der Waals surface area contributed by atoms with Crippen LogP contribution in [0.15, 0.2) is 43.0 Å². The first-order valence-electron chi connectivity index (χ1n) is 8.15. The number of hydrogen-bond acceptors (Lipinski definition) is 9. The zero-order valence-electron chi connectivity index (χ0n) is 13.9. The molecule has 1 fully saturated rings. The molecule has 3 N–H and O–H groups in total. The molecule has 2 aromatic heterocycles. The maximum absolute atomic E-state index is 12.3. The van der Waals surface area contributed by atoms with E-state index in [0.29, 0.717) is 0 Å². The smallest absolute Gasteiger partial charge is 0.338 e. The van der Waals surface area contributed by atoms with Gasteiger partial charge in [0, 0.05) is 0 Å². The van der Waals surface area contributed by atoms with Crippen LogP contribution in [-0.2, 0) is 20.9 Å². The quantitative estimate of drug-likeness (QED) is 0.535. The molecule has 1 aromatic carbocycles. The number of aromatic nitrogens is 4. The van der Waals surface area contributed by atoms with E-state index < -0.39 is 30.5 Å². The topological polar surface area (TPSA) is 140 Å². The average Bonchev–Trinajstić information content (AvgIpc) is 3.23. The van der Waals surface area contributed by atoms with Crippen LogP contribution in [0.3, 0.4) is 0 Å². The number of carbonyl (C=O) groups is 1. The Balaban J connectivity index is 1.52. The van der Waals surface area contributed by atoms with Gasteiger partial charge in [0.15, 0.2) is 23.5 Å². The van der Waals surface area contributed by atoms with E-state index in [1.54, 1.807) is 12.1 Å². The third-order valence-corrected chi connectivity index (χ3v) is 4.31. The molecular formula is C17H16N4O6. The summed E-state index contributed by atoms with van der Waals surface area (Å²) in [6.45, 7) is 0.0160. The Morgan fingerprint density at radius 2 is 1.93 bits per heavy atom. The third kappa shape index (κ3) is 3.10. The number of benzene rings is 1. The Bertz CT molecular complexity index is 962. The summed E-state index contributed by atoms with van der Waals surface area (Å²) in [4.78, 5) is 23.9. The lowest BCUT2D eigenvalue weighted by atomic mass is 10.1. The lowest BCUT2D eigenvalue weighted by molar-refractivity contribution is -0.163. The van der Waals surface area contributed by atoms with Gasteiger partial charge in [0.25, 0.3) is 0 Å². The summed E-state index contributed by atoms with van der Waals surface area (Å²) in [6, 6.07) is 9.05. The molecule has 27 heavy (non-hydrogen) atoms. The van der Waals surface area contributed by atoms with Crippen molar-refractivity contribution in [3.63, 3.8) is 0 Å². The molecule has 10 heteroatoms. The monoisotopic (exact) mass is 372 g/mol. The van der Waals surface area contributed by atoms with Crippen molar-refractivity contribution in [2.45, 2.75) is 31.1 Å². The van der Waals surface area contributed by atoms with Crippen LogP contribution in [0.5, 0.6) is 5.88 Å². The number of ether oxygens (including phenoxy) is 2. The predicted octanol–water partition coefficient (Wildman–Crippen LogP) is -0.106. The zero-order chi connectivity index (χ0) is 19.0. The van der Waals surface area contributed by atoms with Crippen LogP contribution in [0.4, 0.5) is 0 Å². The van der Waals surface area contributed by atoms with Crippen LogP contribution in [-0.4, -0.2) is 59.1 Å². The molecule has 4 rings (SSSR count). The van der Waals surface area contributed by atoms with Crippen molar-refractivity contribution >= 4 is 17.1 Å². The summed E-state index contributed by atoms with van der Waals surface area (Å²) in [5.74, 6) is -1.12. The summed E-state index contributed by atoms with van der Waals surface area (Å²) in [5, 5.41) is 30.3. The highest BCUT2D eigenvalue weighted by Gasteiger charge is 2.48. The van der Waals surface area contributed by atoms with Crippen LogP contribution < -0.4 is 0 Å². The molecule has 0 bridgehead atoms. The summed E-state index contributed by atoms with van der Waals surface area (Å²) in [5.41, 5.74) is 1.08. The van der Waals surface area contributed by atoms with E-state index in [0.717, 1.165) is 11.9 Å². The first-order valence-corrected chi connectivity index (χ1v) is 8.15. The van der Waals surface area contributed by atoms with Crippen molar-refractivity contribution in [1.82, 2.24) is 19.5 Å². The minimum Gasteiger partial charge on any atom is -0.492 e. The molecule has 1 saturated heterocycles. The Kier molecular flexibility index (Phi) is 4.44. The Labute approximate surface area is 152 Å². The molecule has 3 heterocycles. The van der Waals surface area contributed by atoms with Gasteiger partial charge in [-0.15, -0.1) is 0 Å². The molecule has 140 valence electrons. The highest BCUT2D eigenvalue weighted by molar-refractivity contribution is 5.77. The number of hydrogen-bond donors (Lipinski definition) is 3. The van der Waals surface area contributed by atoms with Gasteiger partial charge in [0.1, 0.15) is 25.1 Å². The van der Waals surface area contributed by atoms with Gasteiger partial charge in [-0.3, -0.25) is 4.57 Å². The number of nitrogens with zero attached hydrogens (tertiary/aromatic N) is 4. The molecule has 0 spiro atoms. The van der Waals surface area contributed by atoms with E-state index in [1.807, 2.05) is 18.2 Å². The summed E-state index contributed by atoms with van der Waals surface area (Å²) in [7, 11) is 0. The van der Waals surface area contributed by atoms with Crippen molar-refractivity contribution in [3.8, 4) is 5.88 Å². The van der Waals surface area contributed by atoms with Gasteiger partial charge in [-0.05, 0) is 5.56 Å². The largest absolute Gasteiger partial charge is 0.492 e. The highest BCUT2D eigenvalue weighted by atomic mass is 16.6. The number of imidazole rings is 1. The molecule has 0 aliphatic carbocycles. The lowest BCUT2D eigenvalue weighted by Gasteiger charge is -2.16. The van der Waals surface area contributed by atoms with Crippen molar-refractivity contribution < 1.29 is 29.6 Å². The Morgan fingerprint density at radius 3 is 2.70 bits per heavy atom.